The van der Waals surface area contributed by atoms with Crippen molar-refractivity contribution in [2.75, 3.05) is 7.11 Å². The zero-order valence-corrected chi connectivity index (χ0v) is 10.4. The van der Waals surface area contributed by atoms with Crippen LogP contribution in [0.4, 0.5) is 0 Å². The summed E-state index contributed by atoms with van der Waals surface area (Å²) in [7, 11) is 1.43. The molecule has 0 saturated carbocycles. The molecule has 0 spiro atoms. The molecule has 2 rings (SSSR count). The average Bonchev–Trinajstić information content (AvgIpc) is 2.83. The molecule has 1 N–H and O–H groups in total. The number of fused-ring (bicyclic) bond motifs is 1. The molecule has 0 amide bonds. The van der Waals surface area contributed by atoms with Gasteiger partial charge in [0, 0.05) is 18.0 Å². The van der Waals surface area contributed by atoms with Gasteiger partial charge in [-0.05, 0) is 25.3 Å². The molecule has 0 saturated heterocycles. The van der Waals surface area contributed by atoms with E-state index in [1.807, 2.05) is 13.0 Å². The molecule has 1 aromatic rings. The summed E-state index contributed by atoms with van der Waals surface area (Å²) in [5.74, 6) is 0.858. The number of hydrogen-bond acceptors (Lipinski definition) is 4. The van der Waals surface area contributed by atoms with E-state index in [-0.39, 0.29) is 18.1 Å². The summed E-state index contributed by atoms with van der Waals surface area (Å²) >= 11 is 0. The number of aryl methyl sites for hydroxylation is 1. The van der Waals surface area contributed by atoms with Crippen LogP contribution < -0.4 is 5.32 Å². The Morgan fingerprint density at radius 1 is 1.71 bits per heavy atom. The van der Waals surface area contributed by atoms with Crippen molar-refractivity contribution in [3.05, 3.63) is 23.7 Å². The summed E-state index contributed by atoms with van der Waals surface area (Å²) in [6.07, 6.45) is 5.59. The van der Waals surface area contributed by atoms with Crippen molar-refractivity contribution >= 4 is 5.97 Å². The topological polar surface area (TPSA) is 51.5 Å². The lowest BCUT2D eigenvalue weighted by Gasteiger charge is -2.26. The van der Waals surface area contributed by atoms with Crippen LogP contribution in [0.15, 0.2) is 16.7 Å². The van der Waals surface area contributed by atoms with E-state index in [1.165, 1.54) is 12.7 Å². The van der Waals surface area contributed by atoms with Crippen LogP contribution in [0.25, 0.3) is 0 Å². The standard InChI is InChI=1S/C13H19NO3/c1-3-10(13(15)16-2)14-11-5-4-6-12-9(11)7-8-17-12/h7-8,10-11,14H,3-6H2,1-2H3. The monoisotopic (exact) mass is 237 g/mol. The fourth-order valence-corrected chi connectivity index (χ4v) is 2.40. The molecule has 1 aliphatic carbocycles. The Kier molecular flexibility index (Phi) is 3.84. The Balaban J connectivity index is 2.07. The molecular formula is C13H19NO3. The molecule has 17 heavy (non-hydrogen) atoms. The molecule has 0 aliphatic heterocycles. The van der Waals surface area contributed by atoms with Gasteiger partial charge >= 0.3 is 5.97 Å². The zero-order chi connectivity index (χ0) is 12.3. The summed E-state index contributed by atoms with van der Waals surface area (Å²) in [6, 6.07) is 1.98. The summed E-state index contributed by atoms with van der Waals surface area (Å²) in [5.41, 5.74) is 1.19. The van der Waals surface area contributed by atoms with Crippen molar-refractivity contribution < 1.29 is 13.9 Å². The Labute approximate surface area is 101 Å². The first-order chi connectivity index (χ1) is 8.26. The number of methoxy groups -OCH3 is 1. The highest BCUT2D eigenvalue weighted by Gasteiger charge is 2.27. The van der Waals surface area contributed by atoms with Crippen LogP contribution in [0.1, 0.15) is 43.6 Å². The van der Waals surface area contributed by atoms with Crippen LogP contribution in [0.3, 0.4) is 0 Å². The van der Waals surface area contributed by atoms with Crippen molar-refractivity contribution in [3.8, 4) is 0 Å². The Hall–Kier alpha value is -1.29. The molecule has 1 aromatic heterocycles. The second-order valence-electron chi connectivity index (χ2n) is 4.39. The maximum Gasteiger partial charge on any atom is 0.322 e. The molecule has 0 aromatic carbocycles. The maximum absolute atomic E-state index is 11.6. The lowest BCUT2D eigenvalue weighted by Crippen LogP contribution is -2.40. The minimum Gasteiger partial charge on any atom is -0.469 e. The third-order valence-electron chi connectivity index (χ3n) is 3.35. The molecule has 4 nitrogen and oxygen atoms in total. The molecule has 0 fully saturated rings. The van der Waals surface area contributed by atoms with Gasteiger partial charge in [-0.1, -0.05) is 6.92 Å². The van der Waals surface area contributed by atoms with Crippen molar-refractivity contribution in [1.82, 2.24) is 5.32 Å². The first-order valence-electron chi connectivity index (χ1n) is 6.16. The third kappa shape index (κ3) is 2.52. The first kappa shape index (κ1) is 12.2. The molecule has 2 unspecified atom stereocenters. The van der Waals surface area contributed by atoms with Gasteiger partial charge in [0.05, 0.1) is 13.4 Å². The number of nitrogens with one attached hydrogen (secondary N) is 1. The van der Waals surface area contributed by atoms with E-state index in [2.05, 4.69) is 5.32 Å². The van der Waals surface area contributed by atoms with E-state index in [9.17, 15) is 4.79 Å². The normalized spacial score (nSPS) is 20.7. The third-order valence-corrected chi connectivity index (χ3v) is 3.35. The van der Waals surface area contributed by atoms with Crippen LogP contribution in [0, 0.1) is 0 Å². The van der Waals surface area contributed by atoms with E-state index >= 15 is 0 Å². The van der Waals surface area contributed by atoms with Crippen LogP contribution in [-0.4, -0.2) is 19.1 Å². The Morgan fingerprint density at radius 3 is 3.24 bits per heavy atom. The summed E-state index contributed by atoms with van der Waals surface area (Å²) in [5, 5.41) is 3.36. The van der Waals surface area contributed by atoms with E-state index < -0.39 is 0 Å². The van der Waals surface area contributed by atoms with Crippen molar-refractivity contribution in [2.45, 2.75) is 44.7 Å². The number of hydrogen-bond donors (Lipinski definition) is 1. The highest BCUT2D eigenvalue weighted by Crippen LogP contribution is 2.30. The maximum atomic E-state index is 11.6. The molecular weight excluding hydrogens is 218 g/mol. The van der Waals surface area contributed by atoms with Crippen molar-refractivity contribution in [2.24, 2.45) is 0 Å². The number of rotatable bonds is 4. The molecule has 94 valence electrons. The minimum absolute atomic E-state index is 0.192. The van der Waals surface area contributed by atoms with Gasteiger partial charge in [-0.3, -0.25) is 10.1 Å². The molecule has 0 radical (unpaired) electrons. The molecule has 2 atom stereocenters. The molecule has 1 aliphatic rings. The lowest BCUT2D eigenvalue weighted by atomic mass is 9.92. The van der Waals surface area contributed by atoms with E-state index in [0.717, 1.165) is 31.4 Å². The Morgan fingerprint density at radius 2 is 2.53 bits per heavy atom. The number of carbonyl (C=O) groups excluding carboxylic acids is 1. The van der Waals surface area contributed by atoms with E-state index in [4.69, 9.17) is 9.15 Å². The van der Waals surface area contributed by atoms with Gasteiger partial charge in [0.1, 0.15) is 11.8 Å². The van der Waals surface area contributed by atoms with Gasteiger partial charge < -0.3 is 9.15 Å². The largest absolute Gasteiger partial charge is 0.469 e. The van der Waals surface area contributed by atoms with Crippen LogP contribution >= 0.6 is 0 Å². The van der Waals surface area contributed by atoms with Crippen molar-refractivity contribution in [3.63, 3.8) is 0 Å². The fourth-order valence-electron chi connectivity index (χ4n) is 2.40. The van der Waals surface area contributed by atoms with E-state index in [1.54, 1.807) is 6.26 Å². The van der Waals surface area contributed by atoms with Gasteiger partial charge in [0.2, 0.25) is 0 Å². The molecule has 4 heteroatoms. The first-order valence-corrected chi connectivity index (χ1v) is 6.16. The number of esters is 1. The van der Waals surface area contributed by atoms with Crippen molar-refractivity contribution in [1.29, 1.82) is 0 Å². The number of ether oxygens (including phenoxy) is 1. The fraction of sp³-hybridized carbons (Fsp3) is 0.615. The van der Waals surface area contributed by atoms with Crippen LogP contribution in [0.5, 0.6) is 0 Å². The van der Waals surface area contributed by atoms with Crippen LogP contribution in [0.2, 0.25) is 0 Å². The SMILES string of the molecule is CCC(NC1CCCc2occc21)C(=O)OC. The van der Waals surface area contributed by atoms with Gasteiger partial charge in [-0.15, -0.1) is 0 Å². The van der Waals surface area contributed by atoms with Gasteiger partial charge in [0.15, 0.2) is 0 Å². The molecule has 0 bridgehead atoms. The Bertz CT molecular complexity index is 386. The molecule has 1 heterocycles. The predicted molar refractivity (Wildman–Crippen MR) is 63.6 cm³/mol. The predicted octanol–water partition coefficient (Wildman–Crippen LogP) is 2.20. The van der Waals surface area contributed by atoms with Gasteiger partial charge in [0.25, 0.3) is 0 Å². The summed E-state index contributed by atoms with van der Waals surface area (Å²) in [6.45, 7) is 1.98. The summed E-state index contributed by atoms with van der Waals surface area (Å²) in [4.78, 5) is 11.6. The quantitative estimate of drug-likeness (QED) is 0.816. The van der Waals surface area contributed by atoms with Gasteiger partial charge in [-0.2, -0.15) is 0 Å². The smallest absolute Gasteiger partial charge is 0.322 e. The highest BCUT2D eigenvalue weighted by molar-refractivity contribution is 5.75. The second-order valence-corrected chi connectivity index (χ2v) is 4.39. The van der Waals surface area contributed by atoms with Gasteiger partial charge in [-0.25, -0.2) is 0 Å². The second kappa shape index (κ2) is 5.36. The number of furan rings is 1. The minimum atomic E-state index is -0.231. The zero-order valence-electron chi connectivity index (χ0n) is 10.4. The lowest BCUT2D eigenvalue weighted by molar-refractivity contribution is -0.143. The summed E-state index contributed by atoms with van der Waals surface area (Å²) < 4.78 is 10.2. The van der Waals surface area contributed by atoms with Crippen LogP contribution in [-0.2, 0) is 16.0 Å². The highest BCUT2D eigenvalue weighted by atomic mass is 16.5. The average molecular weight is 237 g/mol. The van der Waals surface area contributed by atoms with E-state index in [0.29, 0.717) is 0 Å². The number of carbonyl (C=O) groups is 1.